The van der Waals surface area contributed by atoms with Crippen molar-refractivity contribution in [3.05, 3.63) is 64.1 Å². The molecular formula is C25H33BrN2O4S. The molecule has 0 saturated heterocycles. The first-order chi connectivity index (χ1) is 15.5. The van der Waals surface area contributed by atoms with Gasteiger partial charge in [0.2, 0.25) is 15.9 Å². The molecule has 1 aliphatic carbocycles. The number of hydrogen-bond acceptors (Lipinski definition) is 4. The van der Waals surface area contributed by atoms with E-state index in [-0.39, 0.29) is 29.7 Å². The lowest BCUT2D eigenvalue weighted by Gasteiger charge is -2.32. The first-order valence-electron chi connectivity index (χ1n) is 11.3. The zero-order chi connectivity index (χ0) is 24.2. The third kappa shape index (κ3) is 6.66. The molecule has 0 radical (unpaired) electrons. The lowest BCUT2D eigenvalue weighted by Crippen LogP contribution is -2.38. The Morgan fingerprint density at radius 2 is 1.73 bits per heavy atom. The minimum absolute atomic E-state index is 0.0577. The number of nitrogens with zero attached hydrogens (tertiary/aromatic N) is 1. The Labute approximate surface area is 205 Å². The highest BCUT2D eigenvalue weighted by molar-refractivity contribution is 9.10. The molecule has 1 saturated carbocycles. The highest BCUT2D eigenvalue weighted by Gasteiger charge is 2.32. The van der Waals surface area contributed by atoms with Crippen LogP contribution in [0.5, 0.6) is 0 Å². The molecule has 0 unspecified atom stereocenters. The molecule has 0 aliphatic heterocycles. The SMILES string of the molecule is CC(C)(C)c1ccc(S(=O)(=O)N(Cc2cccc(Br)c2)CC2CCC(C(=O)NO)CC2)cc1. The summed E-state index contributed by atoms with van der Waals surface area (Å²) in [4.78, 5) is 12.0. The van der Waals surface area contributed by atoms with Crippen LogP contribution in [0.1, 0.15) is 57.6 Å². The van der Waals surface area contributed by atoms with Crippen molar-refractivity contribution in [1.29, 1.82) is 0 Å². The Balaban J connectivity index is 1.84. The number of carbonyl (C=O) groups excluding carboxylic acids is 1. The summed E-state index contributed by atoms with van der Waals surface area (Å²) in [6.45, 7) is 6.97. The van der Waals surface area contributed by atoms with Gasteiger partial charge in [0.15, 0.2) is 0 Å². The number of carbonyl (C=O) groups is 1. The van der Waals surface area contributed by atoms with Crippen LogP contribution in [0, 0.1) is 11.8 Å². The van der Waals surface area contributed by atoms with Crippen molar-refractivity contribution in [2.24, 2.45) is 11.8 Å². The first kappa shape index (κ1) is 25.9. The molecule has 2 N–H and O–H groups in total. The third-order valence-corrected chi connectivity index (χ3v) is 8.71. The maximum Gasteiger partial charge on any atom is 0.246 e. The highest BCUT2D eigenvalue weighted by atomic mass is 79.9. The van der Waals surface area contributed by atoms with E-state index < -0.39 is 10.0 Å². The van der Waals surface area contributed by atoms with E-state index in [1.807, 2.05) is 36.4 Å². The number of sulfonamides is 1. The zero-order valence-electron chi connectivity index (χ0n) is 19.4. The van der Waals surface area contributed by atoms with Gasteiger partial charge in [-0.15, -0.1) is 0 Å². The van der Waals surface area contributed by atoms with Crippen LogP contribution in [0.3, 0.4) is 0 Å². The topological polar surface area (TPSA) is 86.7 Å². The number of nitrogens with one attached hydrogen (secondary N) is 1. The van der Waals surface area contributed by atoms with Crippen LogP contribution in [0.4, 0.5) is 0 Å². The summed E-state index contributed by atoms with van der Waals surface area (Å²) in [7, 11) is -3.71. The largest absolute Gasteiger partial charge is 0.289 e. The molecule has 1 fully saturated rings. The van der Waals surface area contributed by atoms with Crippen LogP contribution >= 0.6 is 15.9 Å². The first-order valence-corrected chi connectivity index (χ1v) is 13.5. The fourth-order valence-corrected chi connectivity index (χ4v) is 6.30. The van der Waals surface area contributed by atoms with Crippen molar-refractivity contribution in [2.45, 2.75) is 63.3 Å². The average Bonchev–Trinajstić information content (AvgIpc) is 2.78. The maximum atomic E-state index is 13.7. The molecule has 2 aromatic carbocycles. The van der Waals surface area contributed by atoms with E-state index in [9.17, 15) is 13.2 Å². The van der Waals surface area contributed by atoms with Crippen LogP contribution in [0.25, 0.3) is 0 Å². The predicted octanol–water partition coefficient (Wildman–Crippen LogP) is 5.25. The molecule has 0 spiro atoms. The predicted molar refractivity (Wildman–Crippen MR) is 132 cm³/mol. The van der Waals surface area contributed by atoms with E-state index in [0.717, 1.165) is 28.4 Å². The van der Waals surface area contributed by atoms with Crippen molar-refractivity contribution in [1.82, 2.24) is 9.79 Å². The highest BCUT2D eigenvalue weighted by Crippen LogP contribution is 2.32. The summed E-state index contributed by atoms with van der Waals surface area (Å²) in [5.41, 5.74) is 3.68. The molecule has 0 heterocycles. The van der Waals surface area contributed by atoms with Gasteiger partial charge in [-0.1, -0.05) is 61.0 Å². The molecule has 1 aliphatic rings. The molecule has 6 nitrogen and oxygen atoms in total. The van der Waals surface area contributed by atoms with E-state index in [2.05, 4.69) is 36.7 Å². The summed E-state index contributed by atoms with van der Waals surface area (Å²) in [5, 5.41) is 8.90. The standard InChI is InChI=1S/C25H33BrN2O4S/c1-25(2,3)21-11-13-23(14-12-21)33(31,32)28(17-19-5-4-6-22(26)15-19)16-18-7-9-20(10-8-18)24(29)27-30/h4-6,11-15,18,20,30H,7-10,16-17H2,1-3H3,(H,27,29). The fraction of sp³-hybridized carbons (Fsp3) is 0.480. The second-order valence-corrected chi connectivity index (χ2v) is 12.7. The lowest BCUT2D eigenvalue weighted by atomic mass is 9.81. The third-order valence-electron chi connectivity index (χ3n) is 6.40. The number of hydroxylamine groups is 1. The van der Waals surface area contributed by atoms with Crippen LogP contribution in [-0.4, -0.2) is 30.4 Å². The van der Waals surface area contributed by atoms with E-state index in [1.54, 1.807) is 21.9 Å². The van der Waals surface area contributed by atoms with Crippen molar-refractivity contribution in [3.63, 3.8) is 0 Å². The Kier molecular flexibility index (Phi) is 8.37. The van der Waals surface area contributed by atoms with Gasteiger partial charge in [0.1, 0.15) is 0 Å². The molecule has 33 heavy (non-hydrogen) atoms. The minimum atomic E-state index is -3.71. The second-order valence-electron chi connectivity index (χ2n) is 9.90. The maximum absolute atomic E-state index is 13.7. The van der Waals surface area contributed by atoms with Crippen LogP contribution < -0.4 is 5.48 Å². The van der Waals surface area contributed by atoms with Gasteiger partial charge in [0.25, 0.3) is 0 Å². The smallest absolute Gasteiger partial charge is 0.246 e. The summed E-state index contributed by atoms with van der Waals surface area (Å²) in [6.07, 6.45) is 2.77. The van der Waals surface area contributed by atoms with E-state index >= 15 is 0 Å². The van der Waals surface area contributed by atoms with E-state index in [1.165, 1.54) is 0 Å². The van der Waals surface area contributed by atoms with Crippen molar-refractivity contribution in [3.8, 4) is 0 Å². The van der Waals surface area contributed by atoms with Crippen molar-refractivity contribution >= 4 is 31.9 Å². The monoisotopic (exact) mass is 536 g/mol. The molecule has 0 bridgehead atoms. The van der Waals surface area contributed by atoms with Gasteiger partial charge in [-0.05, 0) is 72.4 Å². The number of rotatable bonds is 7. The van der Waals surface area contributed by atoms with E-state index in [0.29, 0.717) is 24.3 Å². The van der Waals surface area contributed by atoms with Crippen LogP contribution in [-0.2, 0) is 26.8 Å². The van der Waals surface area contributed by atoms with Gasteiger partial charge >= 0.3 is 0 Å². The number of benzene rings is 2. The van der Waals surface area contributed by atoms with E-state index in [4.69, 9.17) is 5.21 Å². The molecule has 3 rings (SSSR count). The summed E-state index contributed by atoms with van der Waals surface area (Å²) < 4.78 is 29.9. The molecule has 0 aromatic heterocycles. The Morgan fingerprint density at radius 3 is 2.27 bits per heavy atom. The van der Waals surface area contributed by atoms with Gasteiger partial charge in [-0.3, -0.25) is 10.0 Å². The number of hydrogen-bond donors (Lipinski definition) is 2. The second kappa shape index (κ2) is 10.7. The van der Waals surface area contributed by atoms with Gasteiger partial charge in [-0.25, -0.2) is 13.9 Å². The minimum Gasteiger partial charge on any atom is -0.289 e. The van der Waals surface area contributed by atoms with Crippen molar-refractivity contribution < 1.29 is 18.4 Å². The van der Waals surface area contributed by atoms with Gasteiger partial charge in [0, 0.05) is 23.5 Å². The zero-order valence-corrected chi connectivity index (χ0v) is 21.8. The Hall–Kier alpha value is -1.74. The number of amides is 1. The van der Waals surface area contributed by atoms with Gasteiger partial charge in [-0.2, -0.15) is 4.31 Å². The Bertz CT molecular complexity index is 1060. The van der Waals surface area contributed by atoms with Gasteiger partial charge in [0.05, 0.1) is 4.90 Å². The molecule has 0 atom stereocenters. The molecule has 2 aromatic rings. The van der Waals surface area contributed by atoms with Gasteiger partial charge < -0.3 is 0 Å². The molecule has 1 amide bonds. The van der Waals surface area contributed by atoms with Crippen LogP contribution in [0.15, 0.2) is 57.9 Å². The van der Waals surface area contributed by atoms with Crippen LogP contribution in [0.2, 0.25) is 0 Å². The number of halogens is 1. The molecule has 8 heteroatoms. The summed E-state index contributed by atoms with van der Waals surface area (Å²) in [5.74, 6) is -0.416. The summed E-state index contributed by atoms with van der Waals surface area (Å²) >= 11 is 3.47. The fourth-order valence-electron chi connectivity index (χ4n) is 4.35. The average molecular weight is 538 g/mol. The van der Waals surface area contributed by atoms with Crippen molar-refractivity contribution in [2.75, 3.05) is 6.54 Å². The quantitative estimate of drug-likeness (QED) is 0.373. The lowest BCUT2D eigenvalue weighted by molar-refractivity contribution is -0.134. The molecule has 180 valence electrons. The normalized spacial score (nSPS) is 19.5. The molecular weight excluding hydrogens is 504 g/mol. The Morgan fingerprint density at radius 1 is 1.09 bits per heavy atom. The summed E-state index contributed by atoms with van der Waals surface area (Å²) in [6, 6.07) is 14.9.